The summed E-state index contributed by atoms with van der Waals surface area (Å²) in [6.07, 6.45) is -1.21. The van der Waals surface area contributed by atoms with Crippen molar-refractivity contribution in [2.45, 2.75) is 91.6 Å². The highest BCUT2D eigenvalue weighted by Gasteiger charge is 2.45. The van der Waals surface area contributed by atoms with Gasteiger partial charge >= 0.3 is 12.1 Å². The fraction of sp³-hybridized carbons (Fsp3) is 0.604. The molecule has 77 heavy (non-hydrogen) atoms. The van der Waals surface area contributed by atoms with Gasteiger partial charge in [-0.15, -0.1) is 11.3 Å². The quantitative estimate of drug-likeness (QED) is 0.0482. The number of likely N-dealkylation sites (tertiary alicyclic amines) is 1. The van der Waals surface area contributed by atoms with Crippen molar-refractivity contribution in [2.75, 3.05) is 117 Å². The monoisotopic (exact) mass is 1180 g/mol. The number of halogens is 3. The number of piperazine rings is 1. The van der Waals surface area contributed by atoms with Crippen molar-refractivity contribution >= 4 is 79.4 Å². The molecule has 6 rings (SSSR count). The number of β-amino-alcohol motifs (C(OH)–C–C–N with tert-alkyl or cyclic N) is 1. The molecule has 24 heteroatoms. The van der Waals surface area contributed by atoms with Crippen molar-refractivity contribution in [3.05, 3.63) is 62.4 Å². The van der Waals surface area contributed by atoms with Gasteiger partial charge in [0.05, 0.1) is 84.0 Å². The van der Waals surface area contributed by atoms with E-state index in [2.05, 4.69) is 41.5 Å². The van der Waals surface area contributed by atoms with Gasteiger partial charge in [0.2, 0.25) is 17.7 Å². The van der Waals surface area contributed by atoms with E-state index in [4.69, 9.17) is 40.0 Å². The first-order valence-corrected chi connectivity index (χ1v) is 27.8. The highest BCUT2D eigenvalue weighted by molar-refractivity contribution is 9.10. The molecule has 2 aliphatic rings. The van der Waals surface area contributed by atoms with Crippen molar-refractivity contribution in [1.29, 1.82) is 0 Å². The van der Waals surface area contributed by atoms with Gasteiger partial charge in [0.1, 0.15) is 42.2 Å². The van der Waals surface area contributed by atoms with Crippen LogP contribution in [0.2, 0.25) is 5.02 Å². The summed E-state index contributed by atoms with van der Waals surface area (Å²) in [6, 6.07) is 7.27. The van der Waals surface area contributed by atoms with E-state index in [0.29, 0.717) is 83.5 Å². The van der Waals surface area contributed by atoms with Crippen LogP contribution in [0.15, 0.2) is 40.3 Å². The first kappa shape index (κ1) is 61.4. The lowest BCUT2D eigenvalue weighted by Crippen LogP contribution is -2.58. The molecule has 20 nitrogen and oxygen atoms in total. The molecule has 0 radical (unpaired) electrons. The molecule has 4 heterocycles. The number of carbonyl (C=O) groups is 4. The maximum absolute atomic E-state index is 15.5. The Morgan fingerprint density at radius 1 is 0.909 bits per heavy atom. The summed E-state index contributed by atoms with van der Waals surface area (Å²) in [5.41, 5.74) is 3.42. The Kier molecular flexibility index (Phi) is 22.6. The van der Waals surface area contributed by atoms with Gasteiger partial charge < -0.3 is 63.8 Å². The van der Waals surface area contributed by atoms with Crippen LogP contribution in [-0.2, 0) is 38.1 Å². The normalized spacial score (nSPS) is 17.0. The molecule has 2 fully saturated rings. The molecule has 2 aromatic heterocycles. The van der Waals surface area contributed by atoms with Crippen LogP contribution in [0.3, 0.4) is 0 Å². The third-order valence-electron chi connectivity index (χ3n) is 12.7. The number of nitrogens with one attached hydrogen (secondary N) is 2. The Hall–Kier alpha value is -4.85. The fourth-order valence-electron chi connectivity index (χ4n) is 8.54. The number of fused-ring (bicyclic) bond motifs is 1. The first-order chi connectivity index (χ1) is 36.5. The van der Waals surface area contributed by atoms with Crippen molar-refractivity contribution in [1.82, 2.24) is 40.3 Å². The summed E-state index contributed by atoms with van der Waals surface area (Å²) in [6.45, 7) is 19.6. The molecule has 0 saturated carbocycles. The van der Waals surface area contributed by atoms with Crippen LogP contribution >= 0.6 is 38.9 Å². The number of benzene rings is 2. The summed E-state index contributed by atoms with van der Waals surface area (Å²) >= 11 is 11.1. The number of aliphatic hydroxyl groups is 1. The number of amides is 4. The zero-order valence-corrected chi connectivity index (χ0v) is 48.7. The van der Waals surface area contributed by atoms with E-state index in [0.717, 1.165) is 21.7 Å². The summed E-state index contributed by atoms with van der Waals surface area (Å²) < 4.78 is 49.6. The molecule has 2 aromatic carbocycles. The number of hydrogen-bond donors (Lipinski definition) is 3. The molecule has 4 aromatic rings. The Bertz CT molecular complexity index is 2620. The van der Waals surface area contributed by atoms with E-state index in [9.17, 15) is 24.3 Å². The fourth-order valence-corrected chi connectivity index (χ4v) is 9.84. The van der Waals surface area contributed by atoms with E-state index in [1.54, 1.807) is 22.3 Å². The minimum absolute atomic E-state index is 0.0164. The largest absolute Gasteiger partial charge is 0.462 e. The molecule has 2 saturated heterocycles. The van der Waals surface area contributed by atoms with E-state index in [1.807, 2.05) is 102 Å². The average molecular weight is 1180 g/mol. The predicted octanol–water partition coefficient (Wildman–Crippen LogP) is 6.42. The Morgan fingerprint density at radius 3 is 2.14 bits per heavy atom. The van der Waals surface area contributed by atoms with Crippen LogP contribution in [0.1, 0.15) is 72.2 Å². The molecule has 2 aliphatic heterocycles. The number of rotatable bonds is 25. The first-order valence-electron chi connectivity index (χ1n) is 25.8. The van der Waals surface area contributed by atoms with Crippen LogP contribution in [-0.4, -0.2) is 195 Å². The average Bonchev–Trinajstić information content (AvgIpc) is 4.01. The van der Waals surface area contributed by atoms with Gasteiger partial charge in [-0.1, -0.05) is 56.6 Å². The van der Waals surface area contributed by atoms with Crippen LogP contribution < -0.4 is 20.3 Å². The second kappa shape index (κ2) is 28.3. The van der Waals surface area contributed by atoms with E-state index < -0.39 is 52.9 Å². The third-order valence-corrected chi connectivity index (χ3v) is 15.0. The second-order valence-corrected chi connectivity index (χ2v) is 23.1. The van der Waals surface area contributed by atoms with Crippen molar-refractivity contribution < 1.29 is 57.1 Å². The summed E-state index contributed by atoms with van der Waals surface area (Å²) in [5.74, 6) is -1.51. The molecular weight excluding hydrogens is 1110 g/mol. The zero-order chi connectivity index (χ0) is 56.0. The number of ether oxygens (including phenoxy) is 6. The van der Waals surface area contributed by atoms with E-state index >= 15 is 4.39 Å². The molecule has 3 N–H and O–H groups in total. The number of aliphatic hydroxyl groups excluding tert-OH is 1. The zero-order valence-electron chi connectivity index (χ0n) is 45.5. The molecule has 424 valence electrons. The lowest BCUT2D eigenvalue weighted by Gasteiger charge is -2.36. The number of likely N-dealkylation sites (N-methyl/N-ethyl adjacent to an activating group) is 1. The number of aromatic nitrogens is 3. The maximum atomic E-state index is 15.5. The van der Waals surface area contributed by atoms with Crippen LogP contribution in [0.4, 0.5) is 15.0 Å². The molecule has 0 unspecified atom stereocenters. The van der Waals surface area contributed by atoms with Gasteiger partial charge in [0.25, 0.3) is 0 Å². The summed E-state index contributed by atoms with van der Waals surface area (Å²) in [4.78, 5) is 74.8. The topological polar surface area (TPSA) is 220 Å². The maximum Gasteiger partial charge on any atom is 0.410 e. The Balaban J connectivity index is 0.823. The molecule has 0 spiro atoms. The Labute approximate surface area is 467 Å². The summed E-state index contributed by atoms with van der Waals surface area (Å²) in [5, 5.41) is 17.0. The minimum Gasteiger partial charge on any atom is -0.462 e. The molecule has 4 atom stereocenters. The lowest BCUT2D eigenvalue weighted by atomic mass is 9.85. The number of anilines is 1. The number of nitrogens with zero attached hydrogens (tertiary/aromatic N) is 7. The third kappa shape index (κ3) is 17.8. The molecule has 0 aliphatic carbocycles. The van der Waals surface area contributed by atoms with Crippen molar-refractivity contribution in [2.24, 2.45) is 5.41 Å². The highest BCUT2D eigenvalue weighted by Crippen LogP contribution is 2.37. The van der Waals surface area contributed by atoms with Gasteiger partial charge in [-0.05, 0) is 80.2 Å². The highest BCUT2D eigenvalue weighted by atomic mass is 79.9. The summed E-state index contributed by atoms with van der Waals surface area (Å²) in [7, 11) is 1.92. The van der Waals surface area contributed by atoms with Crippen LogP contribution in [0.5, 0.6) is 6.01 Å². The molecular formula is C53H74BrClFN9O11S. The number of aryl methyl sites for hydroxylation is 1. The number of carbonyl (C=O) groups excluding carboxylic acids is 4. The number of hydrogen-bond acceptors (Lipinski definition) is 17. The van der Waals surface area contributed by atoms with Crippen molar-refractivity contribution in [3.8, 4) is 16.5 Å². The van der Waals surface area contributed by atoms with E-state index in [1.165, 1.54) is 4.90 Å². The lowest BCUT2D eigenvalue weighted by molar-refractivity contribution is -0.144. The molecule has 0 bridgehead atoms. The predicted molar refractivity (Wildman–Crippen MR) is 295 cm³/mol. The smallest absolute Gasteiger partial charge is 0.410 e. The minimum atomic E-state index is -0.988. The SMILES string of the molecule is Cc1ncsc1-c1ccc([C@H](C)NC(=O)[C@@H]2C[C@@H](O)CN2C(=O)[C@@H](NC(=O)COCCOCCOCCOCCN(C)CCOc2nc(N3CCN(C(=O)OC(C)(C)C)CC3)c3cc(Cl)c(Br)c(F)c3n2)C(C)(C)C)cc1. The van der Waals surface area contributed by atoms with Crippen LogP contribution in [0, 0.1) is 18.2 Å². The standard InChI is InChI=1S/C53H74BrClFN9O11S/c1-33(35-10-12-36(13-11-35)45-34(2)57-32-77-45)58-48(68)40-28-37(66)30-65(40)49(69)46(52(3,4)5)59-41(67)31-74-27-26-73-25-24-72-23-22-71-20-18-62(9)19-21-75-50-60-44-38(29-39(55)42(54)43(44)56)47(61-50)63-14-16-64(17-15-63)51(70)76-53(6,7)8/h10-13,29,32-33,37,40,46,66H,14-28,30-31H2,1-9H3,(H,58,68)(H,59,67)/t33-,37+,40-,46+/m0/s1. The van der Waals surface area contributed by atoms with Crippen molar-refractivity contribution in [3.63, 3.8) is 0 Å². The van der Waals surface area contributed by atoms with Gasteiger partial charge in [0.15, 0.2) is 5.82 Å². The van der Waals surface area contributed by atoms with Crippen LogP contribution in [0.25, 0.3) is 21.3 Å². The second-order valence-electron chi connectivity index (χ2n) is 21.1. The Morgan fingerprint density at radius 2 is 1.53 bits per heavy atom. The molecule has 4 amide bonds. The van der Waals surface area contributed by atoms with Gasteiger partial charge in [-0.2, -0.15) is 9.97 Å². The number of thiazole rings is 1. The van der Waals surface area contributed by atoms with E-state index in [-0.39, 0.29) is 72.4 Å². The van der Waals surface area contributed by atoms with Gasteiger partial charge in [-0.3, -0.25) is 14.4 Å². The van der Waals surface area contributed by atoms with Gasteiger partial charge in [0, 0.05) is 57.6 Å². The van der Waals surface area contributed by atoms with Gasteiger partial charge in [-0.25, -0.2) is 14.2 Å².